The number of rotatable bonds is 4. The molecule has 0 unspecified atom stereocenters. The first-order valence-electron chi connectivity index (χ1n) is 6.20. The van der Waals surface area contributed by atoms with Crippen LogP contribution in [0.25, 0.3) is 11.1 Å². The highest BCUT2D eigenvalue weighted by atomic mass is 35.5. The Hall–Kier alpha value is -1.84. The summed E-state index contributed by atoms with van der Waals surface area (Å²) in [5, 5.41) is 0. The first-order chi connectivity index (χ1) is 9.81. The van der Waals surface area contributed by atoms with Gasteiger partial charge in [-0.25, -0.2) is 4.98 Å². The molecule has 3 aromatic rings. The Morgan fingerprint density at radius 3 is 2.30 bits per heavy atom. The van der Waals surface area contributed by atoms with Crippen LogP contribution in [0.4, 0.5) is 0 Å². The van der Waals surface area contributed by atoms with Crippen molar-refractivity contribution in [3.8, 4) is 16.9 Å². The number of benzene rings is 2. The number of ether oxygens (including phenoxy) is 1. The molecule has 0 atom stereocenters. The molecule has 0 saturated carbocycles. The highest BCUT2D eigenvalue weighted by Crippen LogP contribution is 2.24. The van der Waals surface area contributed by atoms with Crippen molar-refractivity contribution in [1.29, 1.82) is 0 Å². The van der Waals surface area contributed by atoms with Crippen molar-refractivity contribution in [2.75, 3.05) is 0 Å². The lowest BCUT2D eigenvalue weighted by Gasteiger charge is -2.06. The van der Waals surface area contributed by atoms with E-state index in [1.54, 1.807) is 6.20 Å². The highest BCUT2D eigenvalue weighted by molar-refractivity contribution is 7.15. The Bertz CT molecular complexity index is 679. The van der Waals surface area contributed by atoms with Crippen molar-refractivity contribution in [2.45, 2.75) is 6.61 Å². The number of hydrogen-bond acceptors (Lipinski definition) is 3. The van der Waals surface area contributed by atoms with E-state index in [0.29, 0.717) is 11.1 Å². The minimum absolute atomic E-state index is 0.495. The van der Waals surface area contributed by atoms with Gasteiger partial charge in [-0.2, -0.15) is 0 Å². The van der Waals surface area contributed by atoms with Gasteiger partial charge < -0.3 is 4.74 Å². The van der Waals surface area contributed by atoms with Gasteiger partial charge in [0, 0.05) is 6.20 Å². The fourth-order valence-electron chi connectivity index (χ4n) is 1.88. The summed E-state index contributed by atoms with van der Waals surface area (Å²) in [6.45, 7) is 0.495. The summed E-state index contributed by atoms with van der Waals surface area (Å²) in [7, 11) is 0. The van der Waals surface area contributed by atoms with Crippen molar-refractivity contribution in [2.24, 2.45) is 0 Å². The average molecular weight is 302 g/mol. The molecule has 2 aromatic carbocycles. The first kappa shape index (κ1) is 13.2. The van der Waals surface area contributed by atoms with Gasteiger partial charge in [0.05, 0.1) is 4.88 Å². The van der Waals surface area contributed by atoms with Gasteiger partial charge in [0.1, 0.15) is 12.4 Å². The Balaban J connectivity index is 1.67. The maximum Gasteiger partial charge on any atom is 0.183 e. The second-order valence-electron chi connectivity index (χ2n) is 4.26. The molecule has 1 heterocycles. The molecule has 0 radical (unpaired) electrons. The van der Waals surface area contributed by atoms with E-state index in [0.717, 1.165) is 10.6 Å². The molecule has 1 aromatic heterocycles. The molecule has 3 rings (SSSR count). The zero-order chi connectivity index (χ0) is 13.8. The van der Waals surface area contributed by atoms with E-state index in [1.807, 2.05) is 30.3 Å². The molecule has 0 aliphatic carbocycles. The smallest absolute Gasteiger partial charge is 0.183 e. The molecule has 100 valence electrons. The van der Waals surface area contributed by atoms with Crippen LogP contribution in [0, 0.1) is 0 Å². The van der Waals surface area contributed by atoms with Crippen LogP contribution in [0.3, 0.4) is 0 Å². The van der Waals surface area contributed by atoms with E-state index in [9.17, 15) is 0 Å². The van der Waals surface area contributed by atoms with Gasteiger partial charge in [-0.15, -0.1) is 11.3 Å². The highest BCUT2D eigenvalue weighted by Gasteiger charge is 2.02. The number of halogens is 1. The van der Waals surface area contributed by atoms with Crippen LogP contribution in [0.1, 0.15) is 4.88 Å². The second kappa shape index (κ2) is 6.07. The van der Waals surface area contributed by atoms with E-state index >= 15 is 0 Å². The van der Waals surface area contributed by atoms with Crippen LogP contribution < -0.4 is 4.74 Å². The molecule has 0 N–H and O–H groups in total. The lowest BCUT2D eigenvalue weighted by atomic mass is 10.1. The largest absolute Gasteiger partial charge is 0.488 e. The summed E-state index contributed by atoms with van der Waals surface area (Å²) in [6.07, 6.45) is 1.74. The summed E-state index contributed by atoms with van der Waals surface area (Å²) in [6, 6.07) is 18.3. The molecule has 0 bridgehead atoms. The molecule has 4 heteroatoms. The minimum Gasteiger partial charge on any atom is -0.488 e. The second-order valence-corrected chi connectivity index (χ2v) is 5.96. The lowest BCUT2D eigenvalue weighted by molar-refractivity contribution is 0.309. The predicted octanol–water partition coefficient (Wildman–Crippen LogP) is 5.04. The minimum atomic E-state index is 0.495. The number of thiazole rings is 1. The normalized spacial score (nSPS) is 10.4. The van der Waals surface area contributed by atoms with E-state index in [-0.39, 0.29) is 0 Å². The number of aromatic nitrogens is 1. The predicted molar refractivity (Wildman–Crippen MR) is 83.3 cm³/mol. The van der Waals surface area contributed by atoms with Crippen molar-refractivity contribution in [1.82, 2.24) is 4.98 Å². The molecule has 2 nitrogen and oxygen atoms in total. The van der Waals surface area contributed by atoms with Crippen molar-refractivity contribution >= 4 is 22.9 Å². The molecule has 0 aliphatic rings. The van der Waals surface area contributed by atoms with Crippen LogP contribution in [0.2, 0.25) is 4.47 Å². The van der Waals surface area contributed by atoms with E-state index in [2.05, 4.69) is 29.2 Å². The fourth-order valence-corrected chi connectivity index (χ4v) is 2.77. The topological polar surface area (TPSA) is 22.1 Å². The maximum absolute atomic E-state index is 5.78. The van der Waals surface area contributed by atoms with Crippen molar-refractivity contribution in [3.05, 3.63) is 70.1 Å². The molecule has 0 aliphatic heterocycles. The van der Waals surface area contributed by atoms with Crippen LogP contribution in [-0.2, 0) is 6.61 Å². The van der Waals surface area contributed by atoms with Gasteiger partial charge in [0.2, 0.25) is 0 Å². The van der Waals surface area contributed by atoms with Gasteiger partial charge in [0.25, 0.3) is 0 Å². The number of nitrogens with zero attached hydrogens (tertiary/aromatic N) is 1. The Morgan fingerprint density at radius 1 is 0.950 bits per heavy atom. The van der Waals surface area contributed by atoms with Gasteiger partial charge >= 0.3 is 0 Å². The summed E-state index contributed by atoms with van der Waals surface area (Å²) < 4.78 is 6.25. The van der Waals surface area contributed by atoms with E-state index < -0.39 is 0 Å². The summed E-state index contributed by atoms with van der Waals surface area (Å²) >= 11 is 7.22. The lowest BCUT2D eigenvalue weighted by Crippen LogP contribution is -1.92. The van der Waals surface area contributed by atoms with Gasteiger partial charge in [-0.3, -0.25) is 0 Å². The Morgan fingerprint density at radius 2 is 1.65 bits per heavy atom. The Kier molecular flexibility index (Phi) is 4.00. The van der Waals surface area contributed by atoms with Crippen LogP contribution in [-0.4, -0.2) is 4.98 Å². The van der Waals surface area contributed by atoms with E-state index in [4.69, 9.17) is 16.3 Å². The van der Waals surface area contributed by atoms with Crippen LogP contribution in [0.5, 0.6) is 5.75 Å². The summed E-state index contributed by atoms with van der Waals surface area (Å²) in [5.74, 6) is 0.842. The quantitative estimate of drug-likeness (QED) is 0.673. The molecule has 20 heavy (non-hydrogen) atoms. The van der Waals surface area contributed by atoms with E-state index in [1.165, 1.54) is 22.5 Å². The summed E-state index contributed by atoms with van der Waals surface area (Å²) in [5.41, 5.74) is 2.38. The third-order valence-electron chi connectivity index (χ3n) is 2.87. The molecular weight excluding hydrogens is 290 g/mol. The monoisotopic (exact) mass is 301 g/mol. The third-order valence-corrected chi connectivity index (χ3v) is 3.96. The molecule has 0 saturated heterocycles. The van der Waals surface area contributed by atoms with Crippen molar-refractivity contribution < 1.29 is 4.74 Å². The van der Waals surface area contributed by atoms with Gasteiger partial charge in [0.15, 0.2) is 4.47 Å². The van der Waals surface area contributed by atoms with Gasteiger partial charge in [-0.1, -0.05) is 54.1 Å². The maximum atomic E-state index is 5.78. The molecular formula is C16H12ClNOS. The fraction of sp³-hybridized carbons (Fsp3) is 0.0625. The average Bonchev–Trinajstić information content (AvgIpc) is 2.92. The standard InChI is InChI=1S/C16H12ClNOS/c17-16-18-10-15(20-16)11-19-14-8-6-13(7-9-14)12-4-2-1-3-5-12/h1-10H,11H2. The van der Waals surface area contributed by atoms with Crippen LogP contribution >= 0.6 is 22.9 Å². The molecule has 0 amide bonds. The zero-order valence-corrected chi connectivity index (χ0v) is 12.2. The number of hydrogen-bond donors (Lipinski definition) is 0. The molecule has 0 spiro atoms. The third kappa shape index (κ3) is 3.18. The van der Waals surface area contributed by atoms with Crippen LogP contribution in [0.15, 0.2) is 60.8 Å². The summed E-state index contributed by atoms with van der Waals surface area (Å²) in [4.78, 5) is 5.00. The van der Waals surface area contributed by atoms with Gasteiger partial charge in [-0.05, 0) is 23.3 Å². The Labute approximate surface area is 126 Å². The zero-order valence-electron chi connectivity index (χ0n) is 10.6. The molecule has 0 fully saturated rings. The first-order valence-corrected chi connectivity index (χ1v) is 7.39. The van der Waals surface area contributed by atoms with Crippen molar-refractivity contribution in [3.63, 3.8) is 0 Å². The SMILES string of the molecule is Clc1ncc(COc2ccc(-c3ccccc3)cc2)s1.